The Kier molecular flexibility index (Phi) is 5.79. The van der Waals surface area contributed by atoms with Gasteiger partial charge in [0.15, 0.2) is 5.11 Å². The van der Waals surface area contributed by atoms with Crippen molar-refractivity contribution in [2.45, 2.75) is 0 Å². The smallest absolute Gasteiger partial charge is 0.270 e. The minimum atomic E-state index is -0.657. The Hall–Kier alpha value is -3.55. The van der Waals surface area contributed by atoms with Crippen LogP contribution in [-0.2, 0) is 9.59 Å². The number of anilines is 1. The van der Waals surface area contributed by atoms with E-state index in [1.165, 1.54) is 23.1 Å². The number of hydrogen-bond acceptors (Lipinski definition) is 4. The molecule has 1 aliphatic heterocycles. The lowest BCUT2D eigenvalue weighted by Gasteiger charge is -2.29. The molecular formula is C23H14ClFN2O3S. The lowest BCUT2D eigenvalue weighted by atomic mass is 10.1. The van der Waals surface area contributed by atoms with Gasteiger partial charge in [-0.2, -0.15) is 0 Å². The second-order valence-corrected chi connectivity index (χ2v) is 7.33. The Bertz CT molecular complexity index is 1210. The van der Waals surface area contributed by atoms with E-state index >= 15 is 0 Å². The SMILES string of the molecule is O=C1NC(=S)N(c2ccc(Oc3ccccc3)cc2)C(=O)/C1=C/c1ccc(F)cc1Cl. The molecule has 31 heavy (non-hydrogen) atoms. The molecule has 1 saturated heterocycles. The van der Waals surface area contributed by atoms with Crippen molar-refractivity contribution < 1.29 is 18.7 Å². The van der Waals surface area contributed by atoms with Crippen LogP contribution < -0.4 is 15.0 Å². The largest absolute Gasteiger partial charge is 0.457 e. The number of nitrogens with one attached hydrogen (secondary N) is 1. The van der Waals surface area contributed by atoms with Gasteiger partial charge in [-0.15, -0.1) is 0 Å². The molecule has 1 aliphatic rings. The maximum Gasteiger partial charge on any atom is 0.270 e. The summed E-state index contributed by atoms with van der Waals surface area (Å²) in [5, 5.41) is 2.53. The van der Waals surface area contributed by atoms with Crippen LogP contribution in [0.3, 0.4) is 0 Å². The summed E-state index contributed by atoms with van der Waals surface area (Å²) in [6, 6.07) is 19.6. The predicted molar refractivity (Wildman–Crippen MR) is 121 cm³/mol. The quantitative estimate of drug-likeness (QED) is 0.340. The standard InChI is InChI=1S/C23H14ClFN2O3S/c24-20-13-15(25)7-6-14(20)12-19-21(28)26-23(31)27(22(19)29)16-8-10-18(11-9-16)30-17-4-2-1-3-5-17/h1-13H,(H,26,28,31)/b19-12+. The van der Waals surface area contributed by atoms with Gasteiger partial charge in [0.25, 0.3) is 11.8 Å². The number of halogens is 2. The fourth-order valence-electron chi connectivity index (χ4n) is 2.95. The third-order valence-corrected chi connectivity index (χ3v) is 5.05. The average Bonchev–Trinajstić information content (AvgIpc) is 2.74. The van der Waals surface area contributed by atoms with E-state index in [1.54, 1.807) is 24.3 Å². The molecule has 0 bridgehead atoms. The molecule has 0 aromatic heterocycles. The molecule has 0 atom stereocenters. The van der Waals surface area contributed by atoms with Crippen LogP contribution in [-0.4, -0.2) is 16.9 Å². The summed E-state index contributed by atoms with van der Waals surface area (Å²) in [4.78, 5) is 26.6. The Morgan fingerprint density at radius 3 is 2.32 bits per heavy atom. The zero-order chi connectivity index (χ0) is 22.0. The lowest BCUT2D eigenvalue weighted by molar-refractivity contribution is -0.122. The maximum absolute atomic E-state index is 13.3. The summed E-state index contributed by atoms with van der Waals surface area (Å²) >= 11 is 11.2. The molecule has 3 aromatic carbocycles. The first kappa shape index (κ1) is 20.7. The van der Waals surface area contributed by atoms with E-state index in [9.17, 15) is 14.0 Å². The van der Waals surface area contributed by atoms with Crippen LogP contribution >= 0.6 is 23.8 Å². The van der Waals surface area contributed by atoms with Crippen molar-refractivity contribution in [2.75, 3.05) is 4.90 Å². The van der Waals surface area contributed by atoms with Crippen molar-refractivity contribution in [1.82, 2.24) is 5.32 Å². The van der Waals surface area contributed by atoms with Crippen molar-refractivity contribution in [3.8, 4) is 11.5 Å². The lowest BCUT2D eigenvalue weighted by Crippen LogP contribution is -2.54. The number of carbonyl (C=O) groups excluding carboxylic acids is 2. The number of thiocarbonyl (C=S) groups is 1. The summed E-state index contributed by atoms with van der Waals surface area (Å²) in [5.74, 6) is -0.551. The summed E-state index contributed by atoms with van der Waals surface area (Å²) < 4.78 is 19.0. The fraction of sp³-hybridized carbons (Fsp3) is 0. The van der Waals surface area contributed by atoms with Crippen molar-refractivity contribution in [3.63, 3.8) is 0 Å². The van der Waals surface area contributed by atoms with Gasteiger partial charge in [0, 0.05) is 0 Å². The highest BCUT2D eigenvalue weighted by Crippen LogP contribution is 2.28. The number of ether oxygens (including phenoxy) is 1. The molecule has 2 amide bonds. The van der Waals surface area contributed by atoms with Crippen LogP contribution in [0.4, 0.5) is 10.1 Å². The Morgan fingerprint density at radius 2 is 1.65 bits per heavy atom. The molecule has 0 radical (unpaired) electrons. The first-order chi connectivity index (χ1) is 14.9. The molecular weight excluding hydrogens is 439 g/mol. The Morgan fingerprint density at radius 1 is 0.968 bits per heavy atom. The van der Waals surface area contributed by atoms with Crippen LogP contribution in [0.5, 0.6) is 11.5 Å². The first-order valence-electron chi connectivity index (χ1n) is 9.12. The highest BCUT2D eigenvalue weighted by atomic mass is 35.5. The van der Waals surface area contributed by atoms with E-state index in [2.05, 4.69) is 5.32 Å². The van der Waals surface area contributed by atoms with Crippen LogP contribution in [0, 0.1) is 5.82 Å². The van der Waals surface area contributed by atoms with Crippen LogP contribution in [0.2, 0.25) is 5.02 Å². The first-order valence-corrected chi connectivity index (χ1v) is 9.90. The predicted octanol–water partition coefficient (Wildman–Crippen LogP) is 5.10. The van der Waals surface area contributed by atoms with Gasteiger partial charge in [-0.25, -0.2) is 4.39 Å². The van der Waals surface area contributed by atoms with Gasteiger partial charge < -0.3 is 4.74 Å². The minimum absolute atomic E-state index is 0.0471. The van der Waals surface area contributed by atoms with Gasteiger partial charge in [0.05, 0.1) is 10.7 Å². The van der Waals surface area contributed by atoms with Crippen LogP contribution in [0.15, 0.2) is 78.4 Å². The van der Waals surface area contributed by atoms with E-state index in [1.807, 2.05) is 30.3 Å². The molecule has 4 rings (SSSR count). The van der Waals surface area contributed by atoms with Crippen LogP contribution in [0.25, 0.3) is 6.08 Å². The molecule has 1 fully saturated rings. The van der Waals surface area contributed by atoms with Gasteiger partial charge in [-0.3, -0.25) is 19.8 Å². The highest BCUT2D eigenvalue weighted by Gasteiger charge is 2.34. The normalized spacial score (nSPS) is 15.2. The topological polar surface area (TPSA) is 58.6 Å². The number of rotatable bonds is 4. The molecule has 1 N–H and O–H groups in total. The number of nitrogens with zero attached hydrogens (tertiary/aromatic N) is 1. The number of hydrogen-bond donors (Lipinski definition) is 1. The number of amides is 2. The second kappa shape index (κ2) is 8.67. The summed E-state index contributed by atoms with van der Waals surface area (Å²) in [6.07, 6.45) is 1.31. The molecule has 154 valence electrons. The number of para-hydroxylation sites is 1. The Balaban J connectivity index is 1.62. The third-order valence-electron chi connectivity index (χ3n) is 4.44. The Labute approximate surface area is 187 Å². The van der Waals surface area contributed by atoms with Crippen LogP contribution in [0.1, 0.15) is 5.56 Å². The molecule has 0 spiro atoms. The molecule has 0 aliphatic carbocycles. The van der Waals surface area contributed by atoms with Gasteiger partial charge >= 0.3 is 0 Å². The summed E-state index contributed by atoms with van der Waals surface area (Å²) in [6.45, 7) is 0. The highest BCUT2D eigenvalue weighted by molar-refractivity contribution is 7.80. The van der Waals surface area contributed by atoms with E-state index in [0.717, 1.165) is 6.07 Å². The van der Waals surface area contributed by atoms with E-state index in [4.69, 9.17) is 28.6 Å². The number of carbonyl (C=O) groups is 2. The van der Waals surface area contributed by atoms with Crippen molar-refractivity contribution in [3.05, 3.63) is 94.8 Å². The van der Waals surface area contributed by atoms with Gasteiger partial charge in [0.2, 0.25) is 0 Å². The molecule has 3 aromatic rings. The van der Waals surface area contributed by atoms with E-state index in [-0.39, 0.29) is 15.7 Å². The monoisotopic (exact) mass is 452 g/mol. The van der Waals surface area contributed by atoms with Gasteiger partial charge in [0.1, 0.15) is 22.9 Å². The van der Waals surface area contributed by atoms with Crippen molar-refractivity contribution >= 4 is 52.5 Å². The zero-order valence-electron chi connectivity index (χ0n) is 15.8. The molecule has 8 heteroatoms. The van der Waals surface area contributed by atoms with Gasteiger partial charge in [-0.1, -0.05) is 35.9 Å². The minimum Gasteiger partial charge on any atom is -0.457 e. The molecule has 0 unspecified atom stereocenters. The number of benzene rings is 3. The fourth-order valence-corrected chi connectivity index (χ4v) is 3.46. The second-order valence-electron chi connectivity index (χ2n) is 6.53. The third kappa shape index (κ3) is 4.47. The summed E-state index contributed by atoms with van der Waals surface area (Å²) in [7, 11) is 0. The maximum atomic E-state index is 13.3. The van der Waals surface area contributed by atoms with E-state index < -0.39 is 17.6 Å². The average molecular weight is 453 g/mol. The molecule has 0 saturated carbocycles. The van der Waals surface area contributed by atoms with Gasteiger partial charge in [-0.05, 0) is 72.4 Å². The molecule has 1 heterocycles. The van der Waals surface area contributed by atoms with Crippen molar-refractivity contribution in [2.24, 2.45) is 0 Å². The molecule has 5 nitrogen and oxygen atoms in total. The van der Waals surface area contributed by atoms with Crippen molar-refractivity contribution in [1.29, 1.82) is 0 Å². The zero-order valence-corrected chi connectivity index (χ0v) is 17.4. The van der Waals surface area contributed by atoms with E-state index in [0.29, 0.717) is 22.7 Å². The summed E-state index contributed by atoms with van der Waals surface area (Å²) in [5.41, 5.74) is 0.610.